The van der Waals surface area contributed by atoms with E-state index in [9.17, 15) is 10.1 Å². The van der Waals surface area contributed by atoms with Gasteiger partial charge in [-0.3, -0.25) is 10.1 Å². The van der Waals surface area contributed by atoms with E-state index in [1.807, 2.05) is 24.4 Å². The molecule has 7 nitrogen and oxygen atoms in total. The van der Waals surface area contributed by atoms with Crippen LogP contribution in [0.4, 0.5) is 22.7 Å². The minimum atomic E-state index is -0.439. The molecule has 0 aliphatic carbocycles. The lowest BCUT2D eigenvalue weighted by molar-refractivity contribution is -0.385. The van der Waals surface area contributed by atoms with E-state index in [2.05, 4.69) is 45.9 Å². The fraction of sp³-hybridized carbons (Fsp3) is 0.0833. The molecule has 31 heavy (non-hydrogen) atoms. The lowest BCUT2D eigenvalue weighted by Gasteiger charge is -2.12. The molecule has 0 amide bonds. The summed E-state index contributed by atoms with van der Waals surface area (Å²) in [4.78, 5) is 14.0. The molecule has 7 heteroatoms. The number of fused-ring (bicyclic) bond motifs is 2. The third-order valence-electron chi connectivity index (χ3n) is 5.49. The number of nitrogens with one attached hydrogen (secondary N) is 3. The molecule has 3 aromatic carbocycles. The van der Waals surface area contributed by atoms with Crippen LogP contribution in [-0.2, 0) is 6.54 Å². The Kier molecular flexibility index (Phi) is 4.55. The Bertz CT molecular complexity index is 1280. The Morgan fingerprint density at radius 2 is 1.68 bits per heavy atom. The topological polar surface area (TPSA) is 92.2 Å². The predicted molar refractivity (Wildman–Crippen MR) is 122 cm³/mol. The highest BCUT2D eigenvalue weighted by atomic mass is 16.6. The highest BCUT2D eigenvalue weighted by Crippen LogP contribution is 2.38. The van der Waals surface area contributed by atoms with E-state index in [0.29, 0.717) is 6.54 Å². The van der Waals surface area contributed by atoms with Crippen molar-refractivity contribution >= 4 is 22.7 Å². The molecule has 0 spiro atoms. The fourth-order valence-electron chi connectivity index (χ4n) is 3.85. The molecule has 0 bridgehead atoms. The SMILES string of the molecule is COc1cc(-c2ccc3c(c2)Nc2ccc(-c4ccc[nH]4)cc2NC3)ccc1[N+](=O)[O-]. The van der Waals surface area contributed by atoms with Gasteiger partial charge in [0.05, 0.1) is 23.4 Å². The van der Waals surface area contributed by atoms with Crippen molar-refractivity contribution in [2.45, 2.75) is 6.54 Å². The molecular formula is C24H20N4O3. The second-order valence-electron chi connectivity index (χ2n) is 7.34. The number of anilines is 3. The Labute approximate surface area is 178 Å². The summed E-state index contributed by atoms with van der Waals surface area (Å²) in [6.07, 6.45) is 1.91. The van der Waals surface area contributed by atoms with E-state index >= 15 is 0 Å². The van der Waals surface area contributed by atoms with Crippen LogP contribution in [0.15, 0.2) is 72.9 Å². The van der Waals surface area contributed by atoms with E-state index in [4.69, 9.17) is 4.74 Å². The van der Waals surface area contributed by atoms with E-state index in [-0.39, 0.29) is 11.4 Å². The molecule has 0 unspecified atom stereocenters. The quantitative estimate of drug-likeness (QED) is 0.285. The zero-order valence-electron chi connectivity index (χ0n) is 16.8. The van der Waals surface area contributed by atoms with Gasteiger partial charge in [0.25, 0.3) is 0 Å². The molecule has 1 aromatic heterocycles. The minimum Gasteiger partial charge on any atom is -0.490 e. The zero-order valence-corrected chi connectivity index (χ0v) is 16.8. The molecular weight excluding hydrogens is 392 g/mol. The van der Waals surface area contributed by atoms with Crippen molar-refractivity contribution in [1.82, 2.24) is 4.98 Å². The molecule has 0 saturated carbocycles. The third-order valence-corrected chi connectivity index (χ3v) is 5.49. The smallest absolute Gasteiger partial charge is 0.310 e. The standard InChI is InChI=1S/C24H20N4O3/c1-31-24-13-16(7-9-23(24)28(29)30)15-4-5-18-14-26-22-12-17(19-3-2-10-25-19)6-8-20(22)27-21(18)11-15/h2-13,25-27H,14H2,1H3. The summed E-state index contributed by atoms with van der Waals surface area (Å²) in [7, 11) is 1.44. The Morgan fingerprint density at radius 1 is 0.903 bits per heavy atom. The number of nitro benzene ring substituents is 1. The summed E-state index contributed by atoms with van der Waals surface area (Å²) in [5, 5.41) is 18.2. The van der Waals surface area contributed by atoms with E-state index in [0.717, 1.165) is 45.0 Å². The summed E-state index contributed by atoms with van der Waals surface area (Å²) in [5.41, 5.74) is 8.09. The average Bonchev–Trinajstić information content (AvgIpc) is 3.27. The van der Waals surface area contributed by atoms with Gasteiger partial charge in [-0.25, -0.2) is 0 Å². The number of aromatic amines is 1. The molecule has 5 rings (SSSR count). The van der Waals surface area contributed by atoms with Gasteiger partial charge in [0.2, 0.25) is 0 Å². The summed E-state index contributed by atoms with van der Waals surface area (Å²) in [6, 6.07) is 21.4. The van der Waals surface area contributed by atoms with Crippen molar-refractivity contribution in [2.75, 3.05) is 17.7 Å². The number of hydrogen-bond acceptors (Lipinski definition) is 5. The highest BCUT2D eigenvalue weighted by molar-refractivity contribution is 5.84. The summed E-state index contributed by atoms with van der Waals surface area (Å²) >= 11 is 0. The number of methoxy groups -OCH3 is 1. The van der Waals surface area contributed by atoms with Gasteiger partial charge in [-0.1, -0.05) is 18.2 Å². The van der Waals surface area contributed by atoms with Gasteiger partial charge in [0.1, 0.15) is 0 Å². The van der Waals surface area contributed by atoms with Crippen molar-refractivity contribution < 1.29 is 9.66 Å². The second-order valence-corrected chi connectivity index (χ2v) is 7.34. The van der Waals surface area contributed by atoms with Gasteiger partial charge >= 0.3 is 5.69 Å². The predicted octanol–water partition coefficient (Wildman–Crippen LogP) is 5.93. The Hall–Kier alpha value is -4.26. The van der Waals surface area contributed by atoms with E-state index < -0.39 is 4.92 Å². The van der Waals surface area contributed by atoms with Gasteiger partial charge in [-0.15, -0.1) is 0 Å². The minimum absolute atomic E-state index is 0.0462. The average molecular weight is 412 g/mol. The second kappa shape index (κ2) is 7.53. The van der Waals surface area contributed by atoms with Crippen LogP contribution in [0, 0.1) is 10.1 Å². The molecule has 2 heterocycles. The number of ether oxygens (including phenoxy) is 1. The molecule has 0 saturated heterocycles. The summed E-state index contributed by atoms with van der Waals surface area (Å²) < 4.78 is 5.22. The lowest BCUT2D eigenvalue weighted by Crippen LogP contribution is -1.98. The van der Waals surface area contributed by atoms with Gasteiger partial charge in [0.15, 0.2) is 5.75 Å². The number of aromatic nitrogens is 1. The molecule has 154 valence electrons. The van der Waals surface area contributed by atoms with Crippen LogP contribution in [0.1, 0.15) is 5.56 Å². The Morgan fingerprint density at radius 3 is 2.45 bits per heavy atom. The molecule has 4 aromatic rings. The molecule has 1 aliphatic rings. The zero-order chi connectivity index (χ0) is 21.4. The monoisotopic (exact) mass is 412 g/mol. The van der Waals surface area contributed by atoms with Gasteiger partial charge in [-0.2, -0.15) is 0 Å². The summed E-state index contributed by atoms with van der Waals surface area (Å²) in [6.45, 7) is 0.688. The maximum absolute atomic E-state index is 11.2. The van der Waals surface area contributed by atoms with Crippen LogP contribution in [0.25, 0.3) is 22.4 Å². The molecule has 3 N–H and O–H groups in total. The van der Waals surface area contributed by atoms with Crippen LogP contribution >= 0.6 is 0 Å². The van der Waals surface area contributed by atoms with Crippen molar-refractivity contribution in [1.29, 1.82) is 0 Å². The first-order chi connectivity index (χ1) is 15.1. The van der Waals surface area contributed by atoms with E-state index in [1.165, 1.54) is 13.2 Å². The van der Waals surface area contributed by atoms with Crippen LogP contribution in [0.2, 0.25) is 0 Å². The first-order valence-corrected chi connectivity index (χ1v) is 9.87. The first-order valence-electron chi connectivity index (χ1n) is 9.87. The number of nitrogens with zero attached hydrogens (tertiary/aromatic N) is 1. The molecule has 1 aliphatic heterocycles. The first kappa shape index (κ1) is 18.7. The summed E-state index contributed by atoms with van der Waals surface area (Å²) in [5.74, 6) is 0.245. The van der Waals surface area contributed by atoms with Crippen molar-refractivity contribution in [3.8, 4) is 28.1 Å². The van der Waals surface area contributed by atoms with Crippen LogP contribution in [0.5, 0.6) is 5.75 Å². The number of H-pyrrole nitrogens is 1. The number of benzene rings is 3. The maximum Gasteiger partial charge on any atom is 0.310 e. The molecule has 0 fully saturated rings. The van der Waals surface area contributed by atoms with Crippen LogP contribution in [-0.4, -0.2) is 17.0 Å². The van der Waals surface area contributed by atoms with Gasteiger partial charge in [0, 0.05) is 35.8 Å². The maximum atomic E-state index is 11.2. The number of hydrogen-bond donors (Lipinski definition) is 3. The normalized spacial score (nSPS) is 12.0. The van der Waals surface area contributed by atoms with Crippen molar-refractivity contribution in [2.24, 2.45) is 0 Å². The van der Waals surface area contributed by atoms with Gasteiger partial charge < -0.3 is 20.4 Å². The van der Waals surface area contributed by atoms with Gasteiger partial charge in [-0.05, 0) is 59.2 Å². The molecule has 0 radical (unpaired) electrons. The largest absolute Gasteiger partial charge is 0.490 e. The Balaban J connectivity index is 1.49. The van der Waals surface area contributed by atoms with Crippen LogP contribution in [0.3, 0.4) is 0 Å². The lowest BCUT2D eigenvalue weighted by atomic mass is 10.0. The van der Waals surface area contributed by atoms with E-state index in [1.54, 1.807) is 12.1 Å². The fourth-order valence-corrected chi connectivity index (χ4v) is 3.85. The number of nitro groups is 1. The van der Waals surface area contributed by atoms with Crippen molar-refractivity contribution in [3.63, 3.8) is 0 Å². The highest BCUT2D eigenvalue weighted by Gasteiger charge is 2.17. The van der Waals surface area contributed by atoms with Crippen LogP contribution < -0.4 is 15.4 Å². The molecule has 0 atom stereocenters. The van der Waals surface area contributed by atoms with Crippen molar-refractivity contribution in [3.05, 3.63) is 88.6 Å². The third kappa shape index (κ3) is 3.46. The number of rotatable bonds is 4.